The van der Waals surface area contributed by atoms with Gasteiger partial charge in [0, 0.05) is 0 Å². The van der Waals surface area contributed by atoms with Crippen molar-refractivity contribution in [2.45, 2.75) is 6.42 Å². The first-order valence-electron chi connectivity index (χ1n) is 4.63. The number of carbonyl (C=O) groups is 2. The van der Waals surface area contributed by atoms with Crippen molar-refractivity contribution in [1.82, 2.24) is 0 Å². The summed E-state index contributed by atoms with van der Waals surface area (Å²) in [4.78, 5) is 23.7. The van der Waals surface area contributed by atoms with Crippen LogP contribution in [0.1, 0.15) is 12.0 Å². The highest BCUT2D eigenvalue weighted by molar-refractivity contribution is 6.15. The maximum Gasteiger partial charge on any atom is 0.234 e. The Kier molecular flexibility index (Phi) is 2.41. The van der Waals surface area contributed by atoms with Gasteiger partial charge in [-0.3, -0.25) is 9.59 Å². The zero-order valence-corrected chi connectivity index (χ0v) is 8.24. The van der Waals surface area contributed by atoms with Gasteiger partial charge in [0.25, 0.3) is 0 Å². The molecule has 0 aromatic heterocycles. The number of Topliss-reactive ketones (excluding diaryl/α,β-unsaturated/α-hetero) is 1. The average molecular weight is 218 g/mol. The fourth-order valence-corrected chi connectivity index (χ4v) is 1.64. The van der Waals surface area contributed by atoms with Crippen molar-refractivity contribution in [2.75, 3.05) is 11.4 Å². The summed E-state index contributed by atoms with van der Waals surface area (Å²) in [5.74, 6) is -1.09. The Bertz CT molecular complexity index is 519. The number of halogens is 1. The molecule has 16 heavy (non-hydrogen) atoms. The third-order valence-electron chi connectivity index (χ3n) is 2.35. The number of ketones is 1. The van der Waals surface area contributed by atoms with Gasteiger partial charge in [-0.15, -0.1) is 0 Å². The standard InChI is InChI=1S/C11H7FN2O2/c12-8-1-2-10(7(3-8)5-13)14-6-9(15)4-11(14)16/h1-3H,4,6H2. The van der Waals surface area contributed by atoms with Crippen LogP contribution in [0.5, 0.6) is 0 Å². The molecule has 1 saturated heterocycles. The van der Waals surface area contributed by atoms with Gasteiger partial charge in [0.2, 0.25) is 5.91 Å². The van der Waals surface area contributed by atoms with Crippen LogP contribution in [0.3, 0.4) is 0 Å². The van der Waals surface area contributed by atoms with Crippen molar-refractivity contribution >= 4 is 17.4 Å². The van der Waals surface area contributed by atoms with Crippen LogP contribution in [0.2, 0.25) is 0 Å². The lowest BCUT2D eigenvalue weighted by Crippen LogP contribution is -2.25. The van der Waals surface area contributed by atoms with E-state index in [1.54, 1.807) is 6.07 Å². The zero-order chi connectivity index (χ0) is 11.7. The third-order valence-corrected chi connectivity index (χ3v) is 2.35. The summed E-state index contributed by atoms with van der Waals surface area (Å²) in [6.07, 6.45) is -0.151. The molecule has 2 rings (SSSR count). The first-order valence-corrected chi connectivity index (χ1v) is 4.63. The predicted octanol–water partition coefficient (Wildman–Crippen LogP) is 1.00. The van der Waals surface area contributed by atoms with E-state index < -0.39 is 5.82 Å². The lowest BCUT2D eigenvalue weighted by atomic mass is 10.1. The summed E-state index contributed by atoms with van der Waals surface area (Å²) in [6, 6.07) is 5.35. The number of carbonyl (C=O) groups excluding carboxylic acids is 2. The van der Waals surface area contributed by atoms with E-state index in [1.165, 1.54) is 11.0 Å². The van der Waals surface area contributed by atoms with Gasteiger partial charge in [0.05, 0.1) is 24.2 Å². The molecule has 1 aromatic rings. The molecule has 0 N–H and O–H groups in total. The summed E-state index contributed by atoms with van der Waals surface area (Å²) in [5.41, 5.74) is 0.350. The van der Waals surface area contributed by atoms with Gasteiger partial charge in [-0.05, 0) is 18.2 Å². The molecule has 0 radical (unpaired) electrons. The molecule has 4 nitrogen and oxygen atoms in total. The number of hydrogen-bond donors (Lipinski definition) is 0. The van der Waals surface area contributed by atoms with Crippen LogP contribution >= 0.6 is 0 Å². The molecular weight excluding hydrogens is 211 g/mol. The number of nitriles is 1. The van der Waals surface area contributed by atoms with Crippen LogP contribution < -0.4 is 4.90 Å². The zero-order valence-electron chi connectivity index (χ0n) is 8.24. The van der Waals surface area contributed by atoms with Crippen molar-refractivity contribution in [3.8, 4) is 6.07 Å². The maximum absolute atomic E-state index is 12.9. The topological polar surface area (TPSA) is 61.2 Å². The van der Waals surface area contributed by atoms with Crippen LogP contribution in [0, 0.1) is 17.1 Å². The molecule has 1 fully saturated rings. The lowest BCUT2D eigenvalue weighted by Gasteiger charge is -2.15. The molecule has 80 valence electrons. The molecule has 1 heterocycles. The summed E-state index contributed by atoms with van der Waals surface area (Å²) in [7, 11) is 0. The van der Waals surface area contributed by atoms with E-state index in [4.69, 9.17) is 5.26 Å². The van der Waals surface area contributed by atoms with Gasteiger partial charge >= 0.3 is 0 Å². The van der Waals surface area contributed by atoms with E-state index in [0.717, 1.165) is 12.1 Å². The number of hydrogen-bond acceptors (Lipinski definition) is 3. The Morgan fingerprint density at radius 2 is 2.12 bits per heavy atom. The maximum atomic E-state index is 12.9. The molecule has 1 aliphatic rings. The van der Waals surface area contributed by atoms with Crippen molar-refractivity contribution in [1.29, 1.82) is 5.26 Å². The highest BCUT2D eigenvalue weighted by Gasteiger charge is 2.30. The predicted molar refractivity (Wildman–Crippen MR) is 53.1 cm³/mol. The van der Waals surface area contributed by atoms with Gasteiger partial charge in [-0.1, -0.05) is 0 Å². The number of benzene rings is 1. The monoisotopic (exact) mass is 218 g/mol. The van der Waals surface area contributed by atoms with Crippen LogP contribution in [0.4, 0.5) is 10.1 Å². The van der Waals surface area contributed by atoms with Crippen LogP contribution in [0.25, 0.3) is 0 Å². The minimum absolute atomic E-state index is 0.0425. The Balaban J connectivity index is 2.45. The number of anilines is 1. The second kappa shape index (κ2) is 3.74. The molecule has 0 spiro atoms. The first-order chi connectivity index (χ1) is 7.61. The van der Waals surface area contributed by atoms with Crippen molar-refractivity contribution in [3.05, 3.63) is 29.6 Å². The van der Waals surface area contributed by atoms with E-state index in [1.807, 2.05) is 0 Å². The number of amides is 1. The van der Waals surface area contributed by atoms with Gasteiger partial charge in [0.1, 0.15) is 11.9 Å². The molecule has 1 aromatic carbocycles. The molecule has 1 aliphatic heterocycles. The van der Waals surface area contributed by atoms with E-state index in [9.17, 15) is 14.0 Å². The quantitative estimate of drug-likeness (QED) is 0.661. The second-order valence-electron chi connectivity index (χ2n) is 3.47. The first kappa shape index (κ1) is 10.3. The summed E-state index contributed by atoms with van der Waals surface area (Å²) < 4.78 is 12.9. The van der Waals surface area contributed by atoms with Crippen LogP contribution in [0.15, 0.2) is 18.2 Å². The summed E-state index contributed by atoms with van der Waals surface area (Å²) in [6.45, 7) is -0.0425. The SMILES string of the molecule is N#Cc1cc(F)ccc1N1CC(=O)CC1=O. The average Bonchev–Trinajstić information content (AvgIpc) is 2.57. The minimum Gasteiger partial charge on any atom is -0.303 e. The summed E-state index contributed by atoms with van der Waals surface area (Å²) in [5, 5.41) is 8.82. The van der Waals surface area contributed by atoms with Gasteiger partial charge in [-0.25, -0.2) is 4.39 Å². The molecule has 5 heteroatoms. The fraction of sp³-hybridized carbons (Fsp3) is 0.182. The highest BCUT2D eigenvalue weighted by Crippen LogP contribution is 2.24. The van der Waals surface area contributed by atoms with E-state index in [-0.39, 0.29) is 30.2 Å². The molecule has 0 atom stereocenters. The Morgan fingerprint density at radius 3 is 2.69 bits per heavy atom. The molecule has 0 bridgehead atoms. The van der Waals surface area contributed by atoms with Crippen molar-refractivity contribution in [3.63, 3.8) is 0 Å². The Labute approximate surface area is 90.9 Å². The number of nitrogens with zero attached hydrogens (tertiary/aromatic N) is 2. The fourth-order valence-electron chi connectivity index (χ4n) is 1.64. The third kappa shape index (κ3) is 1.65. The van der Waals surface area contributed by atoms with Crippen molar-refractivity contribution < 1.29 is 14.0 Å². The van der Waals surface area contributed by atoms with E-state index in [2.05, 4.69) is 0 Å². The van der Waals surface area contributed by atoms with Crippen LogP contribution in [-0.4, -0.2) is 18.2 Å². The van der Waals surface area contributed by atoms with E-state index >= 15 is 0 Å². The largest absolute Gasteiger partial charge is 0.303 e. The number of rotatable bonds is 1. The van der Waals surface area contributed by atoms with Gasteiger partial charge in [0.15, 0.2) is 5.78 Å². The Morgan fingerprint density at radius 1 is 1.38 bits per heavy atom. The molecule has 0 saturated carbocycles. The Hall–Kier alpha value is -2.22. The second-order valence-corrected chi connectivity index (χ2v) is 3.47. The van der Waals surface area contributed by atoms with Gasteiger partial charge in [-0.2, -0.15) is 5.26 Å². The van der Waals surface area contributed by atoms with Crippen LogP contribution in [-0.2, 0) is 9.59 Å². The smallest absolute Gasteiger partial charge is 0.234 e. The normalized spacial score (nSPS) is 15.4. The summed E-state index contributed by atoms with van der Waals surface area (Å²) >= 11 is 0. The molecule has 0 aliphatic carbocycles. The van der Waals surface area contributed by atoms with Crippen molar-refractivity contribution in [2.24, 2.45) is 0 Å². The minimum atomic E-state index is -0.543. The lowest BCUT2D eigenvalue weighted by molar-refractivity contribution is -0.121. The highest BCUT2D eigenvalue weighted by atomic mass is 19.1. The molecule has 0 unspecified atom stereocenters. The van der Waals surface area contributed by atoms with Gasteiger partial charge < -0.3 is 4.90 Å². The van der Waals surface area contributed by atoms with E-state index in [0.29, 0.717) is 5.69 Å². The molecular formula is C11H7FN2O2. The molecule has 1 amide bonds.